The van der Waals surface area contributed by atoms with Gasteiger partial charge in [0, 0.05) is 44.9 Å². The Kier molecular flexibility index (Phi) is 5.09. The Labute approximate surface area is 136 Å². The van der Waals surface area contributed by atoms with Crippen LogP contribution in [0.5, 0.6) is 5.75 Å². The van der Waals surface area contributed by atoms with Crippen molar-refractivity contribution in [1.29, 1.82) is 0 Å². The number of likely N-dealkylation sites (tertiary alicyclic amines) is 1. The van der Waals surface area contributed by atoms with E-state index in [1.165, 1.54) is 0 Å². The van der Waals surface area contributed by atoms with E-state index in [4.69, 9.17) is 4.74 Å². The fourth-order valence-corrected chi connectivity index (χ4v) is 2.66. The topological polar surface area (TPSA) is 54.5 Å². The smallest absolute Gasteiger partial charge is 0.317 e. The number of urea groups is 1. The SMILES string of the molecule is O=C(NCc1cccnc1)N1CCC(Oc2ccccc2)CC1. The molecule has 2 aromatic rings. The maximum absolute atomic E-state index is 12.2. The lowest BCUT2D eigenvalue weighted by Crippen LogP contribution is -2.46. The van der Waals surface area contributed by atoms with Crippen LogP contribution in [0.25, 0.3) is 0 Å². The molecule has 0 aliphatic carbocycles. The van der Waals surface area contributed by atoms with Crippen molar-refractivity contribution in [3.8, 4) is 5.75 Å². The van der Waals surface area contributed by atoms with Crippen LogP contribution in [0, 0.1) is 0 Å². The Morgan fingerprint density at radius 3 is 2.65 bits per heavy atom. The Bertz CT molecular complexity index is 611. The molecular formula is C18H21N3O2. The van der Waals surface area contributed by atoms with Gasteiger partial charge < -0.3 is 15.0 Å². The summed E-state index contributed by atoms with van der Waals surface area (Å²) in [5.41, 5.74) is 1.00. The third-order valence-corrected chi connectivity index (χ3v) is 3.94. The number of rotatable bonds is 4. The molecule has 3 rings (SSSR count). The van der Waals surface area contributed by atoms with E-state index < -0.39 is 0 Å². The number of nitrogens with zero attached hydrogens (tertiary/aromatic N) is 2. The van der Waals surface area contributed by atoms with E-state index in [0.29, 0.717) is 6.54 Å². The number of piperidine rings is 1. The molecule has 1 aliphatic heterocycles. The van der Waals surface area contributed by atoms with Gasteiger partial charge in [-0.1, -0.05) is 24.3 Å². The van der Waals surface area contributed by atoms with Crippen LogP contribution in [0.15, 0.2) is 54.9 Å². The standard InChI is InChI=1S/C18H21N3O2/c22-18(20-14-15-5-4-10-19-13-15)21-11-8-17(9-12-21)23-16-6-2-1-3-7-16/h1-7,10,13,17H,8-9,11-12,14H2,(H,20,22). The van der Waals surface area contributed by atoms with Crippen LogP contribution in [0.2, 0.25) is 0 Å². The van der Waals surface area contributed by atoms with Gasteiger partial charge in [-0.05, 0) is 23.8 Å². The number of hydrogen-bond acceptors (Lipinski definition) is 3. The molecule has 0 atom stereocenters. The third-order valence-electron chi connectivity index (χ3n) is 3.94. The molecule has 1 aromatic carbocycles. The number of pyridine rings is 1. The van der Waals surface area contributed by atoms with Gasteiger partial charge in [-0.15, -0.1) is 0 Å². The second-order valence-corrected chi connectivity index (χ2v) is 5.64. The monoisotopic (exact) mass is 311 g/mol. The summed E-state index contributed by atoms with van der Waals surface area (Å²) in [5.74, 6) is 0.895. The number of hydrogen-bond donors (Lipinski definition) is 1. The van der Waals surface area contributed by atoms with Crippen molar-refractivity contribution >= 4 is 6.03 Å². The quantitative estimate of drug-likeness (QED) is 0.944. The van der Waals surface area contributed by atoms with E-state index in [0.717, 1.165) is 37.2 Å². The molecule has 0 radical (unpaired) electrons. The van der Waals surface area contributed by atoms with E-state index in [9.17, 15) is 4.79 Å². The zero-order valence-electron chi connectivity index (χ0n) is 13.0. The van der Waals surface area contributed by atoms with Crippen molar-refractivity contribution in [3.05, 3.63) is 60.4 Å². The summed E-state index contributed by atoms with van der Waals surface area (Å²) >= 11 is 0. The highest BCUT2D eigenvalue weighted by atomic mass is 16.5. The lowest BCUT2D eigenvalue weighted by molar-refractivity contribution is 0.111. The van der Waals surface area contributed by atoms with Gasteiger partial charge in [0.15, 0.2) is 0 Å². The van der Waals surface area contributed by atoms with Crippen LogP contribution in [0.3, 0.4) is 0 Å². The summed E-state index contributed by atoms with van der Waals surface area (Å²) in [6.45, 7) is 1.94. The lowest BCUT2D eigenvalue weighted by atomic mass is 10.1. The summed E-state index contributed by atoms with van der Waals surface area (Å²) in [6, 6.07) is 13.6. The largest absolute Gasteiger partial charge is 0.490 e. The van der Waals surface area contributed by atoms with Crippen LogP contribution >= 0.6 is 0 Å². The number of aromatic nitrogens is 1. The number of amides is 2. The molecule has 0 bridgehead atoms. The van der Waals surface area contributed by atoms with Gasteiger partial charge >= 0.3 is 6.03 Å². The van der Waals surface area contributed by atoms with Crippen molar-refractivity contribution in [1.82, 2.24) is 15.2 Å². The summed E-state index contributed by atoms with van der Waals surface area (Å²) in [7, 11) is 0. The van der Waals surface area contributed by atoms with Gasteiger partial charge in [-0.25, -0.2) is 4.79 Å². The molecule has 1 saturated heterocycles. The van der Waals surface area contributed by atoms with Crippen molar-refractivity contribution in [2.75, 3.05) is 13.1 Å². The highest BCUT2D eigenvalue weighted by Gasteiger charge is 2.23. The number of nitrogens with one attached hydrogen (secondary N) is 1. The predicted octanol–water partition coefficient (Wildman–Crippen LogP) is 2.83. The number of ether oxygens (including phenoxy) is 1. The van der Waals surface area contributed by atoms with Gasteiger partial charge in [0.2, 0.25) is 0 Å². The first kappa shape index (κ1) is 15.3. The Morgan fingerprint density at radius 1 is 1.17 bits per heavy atom. The molecule has 1 fully saturated rings. The minimum Gasteiger partial charge on any atom is -0.490 e. The van der Waals surface area contributed by atoms with Crippen molar-refractivity contribution in [2.45, 2.75) is 25.5 Å². The zero-order valence-corrected chi connectivity index (χ0v) is 13.0. The van der Waals surface area contributed by atoms with Gasteiger partial charge in [0.1, 0.15) is 11.9 Å². The highest BCUT2D eigenvalue weighted by molar-refractivity contribution is 5.74. The first-order chi connectivity index (χ1) is 11.3. The van der Waals surface area contributed by atoms with Gasteiger partial charge in [0.25, 0.3) is 0 Å². The Hall–Kier alpha value is -2.56. The second-order valence-electron chi connectivity index (χ2n) is 5.64. The second kappa shape index (κ2) is 7.63. The summed E-state index contributed by atoms with van der Waals surface area (Å²) in [5, 5.41) is 2.94. The minimum atomic E-state index is -0.0213. The van der Waals surface area contributed by atoms with Gasteiger partial charge in [0.05, 0.1) is 0 Å². The van der Waals surface area contributed by atoms with E-state index >= 15 is 0 Å². The molecule has 1 aromatic heterocycles. The first-order valence-electron chi connectivity index (χ1n) is 7.94. The molecule has 0 unspecified atom stereocenters. The third kappa shape index (κ3) is 4.45. The molecule has 1 N–H and O–H groups in total. The van der Waals surface area contributed by atoms with Crippen LogP contribution in [0.4, 0.5) is 4.79 Å². The number of carbonyl (C=O) groups excluding carboxylic acids is 1. The number of benzene rings is 1. The summed E-state index contributed by atoms with van der Waals surface area (Å²) in [6.07, 6.45) is 5.38. The molecule has 0 saturated carbocycles. The van der Waals surface area contributed by atoms with Crippen molar-refractivity contribution in [3.63, 3.8) is 0 Å². The Balaban J connectivity index is 1.42. The number of para-hydroxylation sites is 1. The van der Waals surface area contributed by atoms with Crippen molar-refractivity contribution in [2.24, 2.45) is 0 Å². The van der Waals surface area contributed by atoms with Gasteiger partial charge in [-0.3, -0.25) is 4.98 Å². The molecule has 120 valence electrons. The molecule has 5 nitrogen and oxygen atoms in total. The van der Waals surface area contributed by atoms with Crippen LogP contribution in [-0.4, -0.2) is 35.1 Å². The van der Waals surface area contributed by atoms with E-state index in [1.807, 2.05) is 47.4 Å². The summed E-state index contributed by atoms with van der Waals surface area (Å²) < 4.78 is 5.95. The normalized spacial score (nSPS) is 15.2. The average Bonchev–Trinajstić information content (AvgIpc) is 2.62. The maximum atomic E-state index is 12.2. The highest BCUT2D eigenvalue weighted by Crippen LogP contribution is 2.18. The van der Waals surface area contributed by atoms with Crippen molar-refractivity contribution < 1.29 is 9.53 Å². The van der Waals surface area contributed by atoms with E-state index in [1.54, 1.807) is 12.4 Å². The molecule has 2 amide bonds. The van der Waals surface area contributed by atoms with E-state index in [2.05, 4.69) is 10.3 Å². The van der Waals surface area contributed by atoms with Crippen LogP contribution in [0.1, 0.15) is 18.4 Å². The van der Waals surface area contributed by atoms with E-state index in [-0.39, 0.29) is 12.1 Å². The average molecular weight is 311 g/mol. The van der Waals surface area contributed by atoms with Crippen LogP contribution in [-0.2, 0) is 6.54 Å². The molecule has 5 heteroatoms. The molecule has 2 heterocycles. The fourth-order valence-electron chi connectivity index (χ4n) is 2.66. The first-order valence-corrected chi connectivity index (χ1v) is 7.94. The molecule has 0 spiro atoms. The van der Waals surface area contributed by atoms with Gasteiger partial charge in [-0.2, -0.15) is 0 Å². The maximum Gasteiger partial charge on any atom is 0.317 e. The molecular weight excluding hydrogens is 290 g/mol. The number of carbonyl (C=O) groups is 1. The minimum absolute atomic E-state index is 0.0213. The molecule has 23 heavy (non-hydrogen) atoms. The predicted molar refractivity (Wildman–Crippen MR) is 88.1 cm³/mol. The molecule has 1 aliphatic rings. The zero-order chi connectivity index (χ0) is 15.9. The summed E-state index contributed by atoms with van der Waals surface area (Å²) in [4.78, 5) is 18.1. The lowest BCUT2D eigenvalue weighted by Gasteiger charge is -2.32. The Morgan fingerprint density at radius 2 is 1.96 bits per heavy atom. The van der Waals surface area contributed by atoms with Crippen LogP contribution < -0.4 is 10.1 Å². The fraction of sp³-hybridized carbons (Fsp3) is 0.333.